The first-order valence-corrected chi connectivity index (χ1v) is 10.7. The van der Waals surface area contributed by atoms with Crippen molar-refractivity contribution in [3.8, 4) is 6.07 Å². The van der Waals surface area contributed by atoms with Gasteiger partial charge in [0, 0.05) is 40.9 Å². The molecule has 0 bridgehead atoms. The lowest BCUT2D eigenvalue weighted by Gasteiger charge is -2.31. The molecule has 1 amide bonds. The summed E-state index contributed by atoms with van der Waals surface area (Å²) in [5.74, 6) is 0.495. The minimum atomic E-state index is -0.375. The average Bonchev–Trinajstić information content (AvgIpc) is 3.15. The maximum Gasteiger partial charge on any atom is 0.266 e. The van der Waals surface area contributed by atoms with E-state index in [0.29, 0.717) is 30.0 Å². The molecule has 31 heavy (non-hydrogen) atoms. The second-order valence-corrected chi connectivity index (χ2v) is 8.66. The molecule has 1 unspecified atom stereocenters. The summed E-state index contributed by atoms with van der Waals surface area (Å²) in [5, 5.41) is 10.4. The van der Waals surface area contributed by atoms with Crippen LogP contribution in [0.1, 0.15) is 56.0 Å². The van der Waals surface area contributed by atoms with E-state index in [1.54, 1.807) is 6.92 Å². The van der Waals surface area contributed by atoms with Crippen molar-refractivity contribution in [3.05, 3.63) is 63.2 Å². The number of amides is 1. The third kappa shape index (κ3) is 4.72. The molecular formula is C25H30N4O2. The Kier molecular flexibility index (Phi) is 6.65. The third-order valence-corrected chi connectivity index (χ3v) is 5.85. The van der Waals surface area contributed by atoms with Crippen molar-refractivity contribution >= 4 is 22.5 Å². The number of anilines is 1. The predicted molar refractivity (Wildman–Crippen MR) is 124 cm³/mol. The summed E-state index contributed by atoms with van der Waals surface area (Å²) in [4.78, 5) is 33.3. The minimum absolute atomic E-state index is 0.0338. The Morgan fingerprint density at radius 3 is 2.61 bits per heavy atom. The molecule has 2 aromatic heterocycles. The van der Waals surface area contributed by atoms with Crippen molar-refractivity contribution < 1.29 is 4.79 Å². The standard InChI is InChI=1S/C25H30N4O2/c1-15(2)12-16(3)29(20-6-8-23-19(13-20)10-11-27-23)24(30)9-7-21-17(4)22(14-26)25(31)28-18(21)5/h6,8,10-11,13,15-16,27H,7,9,12H2,1-5H3,(H,28,31). The van der Waals surface area contributed by atoms with Gasteiger partial charge in [-0.05, 0) is 74.9 Å². The largest absolute Gasteiger partial charge is 0.361 e. The van der Waals surface area contributed by atoms with Gasteiger partial charge in [0.2, 0.25) is 5.91 Å². The van der Waals surface area contributed by atoms with Crippen LogP contribution in [0, 0.1) is 31.1 Å². The topological polar surface area (TPSA) is 92.8 Å². The Morgan fingerprint density at radius 2 is 1.94 bits per heavy atom. The van der Waals surface area contributed by atoms with Gasteiger partial charge in [0.1, 0.15) is 11.6 Å². The van der Waals surface area contributed by atoms with Gasteiger partial charge in [0.25, 0.3) is 5.56 Å². The predicted octanol–water partition coefficient (Wildman–Crippen LogP) is 4.75. The van der Waals surface area contributed by atoms with Crippen LogP contribution in [0.2, 0.25) is 0 Å². The van der Waals surface area contributed by atoms with Crippen LogP contribution in [0.5, 0.6) is 0 Å². The summed E-state index contributed by atoms with van der Waals surface area (Å²) in [5.41, 5.74) is 3.91. The second kappa shape index (κ2) is 9.22. The number of aromatic nitrogens is 2. The maximum atomic E-state index is 13.4. The van der Waals surface area contributed by atoms with Crippen LogP contribution >= 0.6 is 0 Å². The number of carbonyl (C=O) groups is 1. The Balaban J connectivity index is 1.90. The molecule has 0 saturated heterocycles. The normalized spacial score (nSPS) is 12.2. The van der Waals surface area contributed by atoms with Crippen molar-refractivity contribution in [2.75, 3.05) is 4.90 Å². The van der Waals surface area contributed by atoms with Crippen LogP contribution in [0.25, 0.3) is 10.9 Å². The number of benzene rings is 1. The smallest absolute Gasteiger partial charge is 0.266 e. The molecule has 0 aliphatic carbocycles. The number of aromatic amines is 2. The molecule has 0 radical (unpaired) electrons. The number of nitriles is 1. The number of rotatable bonds is 7. The fourth-order valence-corrected chi connectivity index (χ4v) is 4.40. The summed E-state index contributed by atoms with van der Waals surface area (Å²) < 4.78 is 0. The van der Waals surface area contributed by atoms with Gasteiger partial charge in [0.15, 0.2) is 0 Å². The van der Waals surface area contributed by atoms with Gasteiger partial charge in [-0.1, -0.05) is 13.8 Å². The van der Waals surface area contributed by atoms with Gasteiger partial charge in [0.05, 0.1) is 0 Å². The number of carbonyl (C=O) groups excluding carboxylic acids is 1. The van der Waals surface area contributed by atoms with E-state index >= 15 is 0 Å². The van der Waals surface area contributed by atoms with Crippen molar-refractivity contribution in [1.29, 1.82) is 5.26 Å². The molecule has 2 N–H and O–H groups in total. The van der Waals surface area contributed by atoms with Crippen molar-refractivity contribution in [2.45, 2.75) is 59.9 Å². The lowest BCUT2D eigenvalue weighted by Crippen LogP contribution is -2.39. The fourth-order valence-electron chi connectivity index (χ4n) is 4.40. The Hall–Kier alpha value is -3.33. The quantitative estimate of drug-likeness (QED) is 0.580. The van der Waals surface area contributed by atoms with Crippen LogP contribution in [-0.4, -0.2) is 21.9 Å². The zero-order chi connectivity index (χ0) is 22.7. The highest BCUT2D eigenvalue weighted by Gasteiger charge is 2.24. The molecule has 6 nitrogen and oxygen atoms in total. The van der Waals surface area contributed by atoms with Crippen LogP contribution in [-0.2, 0) is 11.2 Å². The van der Waals surface area contributed by atoms with Gasteiger partial charge < -0.3 is 14.9 Å². The van der Waals surface area contributed by atoms with E-state index in [2.05, 4.69) is 30.7 Å². The molecule has 0 aliphatic rings. The number of hydrogen-bond donors (Lipinski definition) is 2. The first-order valence-electron chi connectivity index (χ1n) is 10.7. The minimum Gasteiger partial charge on any atom is -0.361 e. The molecule has 2 heterocycles. The Morgan fingerprint density at radius 1 is 1.19 bits per heavy atom. The monoisotopic (exact) mass is 418 g/mol. The summed E-state index contributed by atoms with van der Waals surface area (Å²) in [6.45, 7) is 9.99. The highest BCUT2D eigenvalue weighted by atomic mass is 16.2. The molecule has 3 rings (SSSR count). The number of H-pyrrole nitrogens is 2. The molecule has 1 atom stereocenters. The van der Waals surface area contributed by atoms with E-state index < -0.39 is 0 Å². The van der Waals surface area contributed by atoms with E-state index in [0.717, 1.165) is 28.6 Å². The molecule has 162 valence electrons. The zero-order valence-electron chi connectivity index (χ0n) is 18.9. The molecule has 0 spiro atoms. The molecule has 6 heteroatoms. The van der Waals surface area contributed by atoms with Crippen LogP contribution in [0.3, 0.4) is 0 Å². The lowest BCUT2D eigenvalue weighted by molar-refractivity contribution is -0.119. The van der Waals surface area contributed by atoms with Gasteiger partial charge in [-0.25, -0.2) is 0 Å². The third-order valence-electron chi connectivity index (χ3n) is 5.85. The summed E-state index contributed by atoms with van der Waals surface area (Å²) in [6, 6.07) is 10.1. The van der Waals surface area contributed by atoms with Crippen LogP contribution < -0.4 is 10.5 Å². The van der Waals surface area contributed by atoms with Gasteiger partial charge in [-0.15, -0.1) is 0 Å². The zero-order valence-corrected chi connectivity index (χ0v) is 18.9. The lowest BCUT2D eigenvalue weighted by atomic mass is 9.98. The van der Waals surface area contributed by atoms with Gasteiger partial charge >= 0.3 is 0 Å². The van der Waals surface area contributed by atoms with Crippen molar-refractivity contribution in [2.24, 2.45) is 5.92 Å². The van der Waals surface area contributed by atoms with Crippen LogP contribution in [0.15, 0.2) is 35.3 Å². The first-order chi connectivity index (χ1) is 14.7. The second-order valence-electron chi connectivity index (χ2n) is 8.66. The summed E-state index contributed by atoms with van der Waals surface area (Å²) in [7, 11) is 0. The molecular weight excluding hydrogens is 388 g/mol. The van der Waals surface area contributed by atoms with Crippen LogP contribution in [0.4, 0.5) is 5.69 Å². The van der Waals surface area contributed by atoms with E-state index in [1.165, 1.54) is 0 Å². The number of nitrogens with zero attached hydrogens (tertiary/aromatic N) is 2. The fraction of sp³-hybridized carbons (Fsp3) is 0.400. The molecule has 3 aromatic rings. The number of hydrogen-bond acceptors (Lipinski definition) is 3. The SMILES string of the molecule is Cc1[nH]c(=O)c(C#N)c(C)c1CCC(=O)N(c1ccc2[nH]ccc2c1)C(C)CC(C)C. The first kappa shape index (κ1) is 22.4. The molecule has 0 saturated carbocycles. The Labute approximate surface area is 182 Å². The van der Waals surface area contributed by atoms with Crippen molar-refractivity contribution in [1.82, 2.24) is 9.97 Å². The van der Waals surface area contributed by atoms with E-state index in [4.69, 9.17) is 0 Å². The molecule has 1 aromatic carbocycles. The van der Waals surface area contributed by atoms with Gasteiger partial charge in [-0.3, -0.25) is 9.59 Å². The maximum absolute atomic E-state index is 13.4. The van der Waals surface area contributed by atoms with Crippen molar-refractivity contribution in [3.63, 3.8) is 0 Å². The summed E-state index contributed by atoms with van der Waals surface area (Å²) in [6.07, 6.45) is 3.56. The number of nitrogens with one attached hydrogen (secondary N) is 2. The van der Waals surface area contributed by atoms with E-state index in [9.17, 15) is 14.9 Å². The average molecular weight is 419 g/mol. The molecule has 0 aliphatic heterocycles. The number of pyridine rings is 1. The van der Waals surface area contributed by atoms with Gasteiger partial charge in [-0.2, -0.15) is 5.26 Å². The Bertz CT molecular complexity index is 1200. The summed E-state index contributed by atoms with van der Waals surface area (Å²) >= 11 is 0. The molecule has 0 fully saturated rings. The highest BCUT2D eigenvalue weighted by molar-refractivity contribution is 5.96. The van der Waals surface area contributed by atoms with E-state index in [-0.39, 0.29) is 23.1 Å². The highest BCUT2D eigenvalue weighted by Crippen LogP contribution is 2.27. The van der Waals surface area contributed by atoms with E-state index in [1.807, 2.05) is 48.4 Å². The number of fused-ring (bicyclic) bond motifs is 1. The number of aryl methyl sites for hydroxylation is 1.